The third-order valence-corrected chi connectivity index (χ3v) is 12.1. The molecule has 0 radical (unpaired) electrons. The Hall–Kier alpha value is -2.37. The Kier molecular flexibility index (Phi) is 50.3. The van der Waals surface area contributed by atoms with Crippen LogP contribution in [0, 0.1) is 0 Å². The summed E-state index contributed by atoms with van der Waals surface area (Å²) >= 11 is 0. The SMILES string of the molecule is CCCCC/C=C/C/C=C/C/C=C/CCCCCCC(=O)OC[C@@H](COC(=O)CCCCCCCCCCCCCCC)OC(=O)CCCCCCCCCCCCCCCCC. The zero-order chi connectivity index (χ0) is 45.8. The van der Waals surface area contributed by atoms with Crippen LogP contribution in [0.1, 0.15) is 290 Å². The Morgan fingerprint density at radius 2 is 0.571 bits per heavy atom. The van der Waals surface area contributed by atoms with Crippen LogP contribution in [0.5, 0.6) is 0 Å². The van der Waals surface area contributed by atoms with Crippen LogP contribution in [0.4, 0.5) is 0 Å². The van der Waals surface area contributed by atoms with Gasteiger partial charge < -0.3 is 14.2 Å². The van der Waals surface area contributed by atoms with Gasteiger partial charge in [-0.15, -0.1) is 0 Å². The monoisotopic (exact) mass is 885 g/mol. The molecule has 6 heteroatoms. The van der Waals surface area contributed by atoms with Crippen molar-refractivity contribution in [1.82, 2.24) is 0 Å². The van der Waals surface area contributed by atoms with Gasteiger partial charge in [0.2, 0.25) is 0 Å². The first kappa shape index (κ1) is 60.6. The van der Waals surface area contributed by atoms with Crippen LogP contribution in [-0.4, -0.2) is 37.2 Å². The molecule has 63 heavy (non-hydrogen) atoms. The maximum atomic E-state index is 12.8. The van der Waals surface area contributed by atoms with Crippen molar-refractivity contribution in [2.75, 3.05) is 13.2 Å². The molecule has 0 aliphatic heterocycles. The highest BCUT2D eigenvalue weighted by Gasteiger charge is 2.19. The standard InChI is InChI=1S/C57H104O6/c1-4-7-10-13-16-19-22-25-27-28-30-32-35-38-41-44-47-50-56(59)62-53-54(52-61-55(58)49-46-43-40-37-34-31-24-21-18-15-12-9-6-3)63-57(60)51-48-45-42-39-36-33-29-26-23-20-17-14-11-8-5-2/h16,19,25,27,30,32,54H,4-15,17-18,20-24,26,28-29,31,33-53H2,1-3H3/b19-16+,27-25+,32-30+/t54-/m1/s1. The number of carbonyl (C=O) groups is 3. The molecular weight excluding hydrogens is 781 g/mol. The van der Waals surface area contributed by atoms with Crippen LogP contribution < -0.4 is 0 Å². The summed E-state index contributed by atoms with van der Waals surface area (Å²) in [6, 6.07) is 0. The van der Waals surface area contributed by atoms with E-state index in [1.807, 2.05) is 0 Å². The van der Waals surface area contributed by atoms with Crippen molar-refractivity contribution in [2.24, 2.45) is 0 Å². The topological polar surface area (TPSA) is 78.9 Å². The molecule has 0 rings (SSSR count). The minimum Gasteiger partial charge on any atom is -0.462 e. The second-order valence-electron chi connectivity index (χ2n) is 18.5. The van der Waals surface area contributed by atoms with Gasteiger partial charge >= 0.3 is 17.9 Å². The van der Waals surface area contributed by atoms with Gasteiger partial charge in [0, 0.05) is 19.3 Å². The Morgan fingerprint density at radius 1 is 0.317 bits per heavy atom. The second-order valence-corrected chi connectivity index (χ2v) is 18.5. The molecule has 0 aromatic heterocycles. The molecular formula is C57H104O6. The second kappa shape index (κ2) is 52.3. The van der Waals surface area contributed by atoms with Gasteiger partial charge in [0.25, 0.3) is 0 Å². The predicted molar refractivity (Wildman–Crippen MR) is 270 cm³/mol. The highest BCUT2D eigenvalue weighted by atomic mass is 16.6. The molecule has 0 aliphatic rings. The van der Waals surface area contributed by atoms with E-state index in [2.05, 4.69) is 57.2 Å². The van der Waals surface area contributed by atoms with Crippen molar-refractivity contribution in [2.45, 2.75) is 297 Å². The predicted octanol–water partition coefficient (Wildman–Crippen LogP) is 18.1. The van der Waals surface area contributed by atoms with Gasteiger partial charge in [0.15, 0.2) is 6.10 Å². The van der Waals surface area contributed by atoms with Gasteiger partial charge in [-0.25, -0.2) is 0 Å². The van der Waals surface area contributed by atoms with Gasteiger partial charge in [-0.2, -0.15) is 0 Å². The third kappa shape index (κ3) is 50.5. The van der Waals surface area contributed by atoms with Crippen LogP contribution in [0.25, 0.3) is 0 Å². The molecule has 0 saturated heterocycles. The first-order chi connectivity index (χ1) is 31.0. The Labute approximate surface area is 391 Å². The highest BCUT2D eigenvalue weighted by Crippen LogP contribution is 2.16. The van der Waals surface area contributed by atoms with E-state index in [0.29, 0.717) is 19.3 Å². The van der Waals surface area contributed by atoms with Crippen LogP contribution in [0.15, 0.2) is 36.5 Å². The molecule has 0 bridgehead atoms. The molecule has 0 heterocycles. The van der Waals surface area contributed by atoms with E-state index >= 15 is 0 Å². The number of rotatable bonds is 50. The first-order valence-electron chi connectivity index (χ1n) is 27.5. The lowest BCUT2D eigenvalue weighted by molar-refractivity contribution is -0.167. The third-order valence-electron chi connectivity index (χ3n) is 12.1. The number of hydrogen-bond acceptors (Lipinski definition) is 6. The van der Waals surface area contributed by atoms with Crippen LogP contribution in [0.3, 0.4) is 0 Å². The number of esters is 3. The lowest BCUT2D eigenvalue weighted by atomic mass is 10.0. The van der Waals surface area contributed by atoms with Gasteiger partial charge in [0.1, 0.15) is 13.2 Å². The van der Waals surface area contributed by atoms with E-state index in [9.17, 15) is 14.4 Å². The Bertz CT molecular complexity index is 1060. The van der Waals surface area contributed by atoms with E-state index in [4.69, 9.17) is 14.2 Å². The minimum absolute atomic E-state index is 0.0748. The van der Waals surface area contributed by atoms with Gasteiger partial charge in [-0.05, 0) is 57.8 Å². The first-order valence-corrected chi connectivity index (χ1v) is 27.5. The number of ether oxygens (including phenoxy) is 3. The molecule has 0 N–H and O–H groups in total. The molecule has 0 aromatic rings. The molecule has 0 aromatic carbocycles. The van der Waals surface area contributed by atoms with E-state index in [1.54, 1.807) is 0 Å². The molecule has 0 spiro atoms. The fourth-order valence-electron chi connectivity index (χ4n) is 7.98. The average molecular weight is 885 g/mol. The lowest BCUT2D eigenvalue weighted by Gasteiger charge is -2.18. The lowest BCUT2D eigenvalue weighted by Crippen LogP contribution is -2.30. The van der Waals surface area contributed by atoms with Crippen molar-refractivity contribution in [1.29, 1.82) is 0 Å². The number of hydrogen-bond donors (Lipinski definition) is 0. The summed E-state index contributed by atoms with van der Waals surface area (Å²) < 4.78 is 16.8. The Morgan fingerprint density at radius 3 is 0.921 bits per heavy atom. The molecule has 0 unspecified atom stereocenters. The summed E-state index contributed by atoms with van der Waals surface area (Å²) in [7, 11) is 0. The Balaban J connectivity index is 4.38. The van der Waals surface area contributed by atoms with Crippen molar-refractivity contribution in [3.05, 3.63) is 36.5 Å². The summed E-state index contributed by atoms with van der Waals surface area (Å²) in [5, 5.41) is 0. The van der Waals surface area contributed by atoms with E-state index in [1.165, 1.54) is 167 Å². The molecule has 0 fully saturated rings. The smallest absolute Gasteiger partial charge is 0.306 e. The van der Waals surface area contributed by atoms with Gasteiger partial charge in [-0.1, -0.05) is 250 Å². The number of unbranched alkanes of at least 4 members (excludes halogenated alkanes) is 33. The van der Waals surface area contributed by atoms with Crippen LogP contribution in [-0.2, 0) is 28.6 Å². The van der Waals surface area contributed by atoms with Crippen LogP contribution in [0.2, 0.25) is 0 Å². The quantitative estimate of drug-likeness (QED) is 0.0262. The van der Waals surface area contributed by atoms with Crippen molar-refractivity contribution in [3.63, 3.8) is 0 Å². The molecule has 0 amide bonds. The van der Waals surface area contributed by atoms with Gasteiger partial charge in [0.05, 0.1) is 0 Å². The van der Waals surface area contributed by atoms with E-state index in [-0.39, 0.29) is 31.1 Å². The molecule has 1 atom stereocenters. The molecule has 0 saturated carbocycles. The fourth-order valence-corrected chi connectivity index (χ4v) is 7.98. The van der Waals surface area contributed by atoms with E-state index < -0.39 is 6.10 Å². The number of allylic oxidation sites excluding steroid dienone is 6. The molecule has 6 nitrogen and oxygen atoms in total. The largest absolute Gasteiger partial charge is 0.462 e. The summed E-state index contributed by atoms with van der Waals surface area (Å²) in [6.07, 6.45) is 61.2. The van der Waals surface area contributed by atoms with Crippen LogP contribution >= 0.6 is 0 Å². The van der Waals surface area contributed by atoms with E-state index in [0.717, 1.165) is 83.5 Å². The number of carbonyl (C=O) groups excluding carboxylic acids is 3. The van der Waals surface area contributed by atoms with Crippen molar-refractivity contribution in [3.8, 4) is 0 Å². The molecule has 0 aliphatic carbocycles. The maximum absolute atomic E-state index is 12.8. The fraction of sp³-hybridized carbons (Fsp3) is 0.842. The van der Waals surface area contributed by atoms with Crippen molar-refractivity contribution < 1.29 is 28.6 Å². The summed E-state index contributed by atoms with van der Waals surface area (Å²) in [6.45, 7) is 6.62. The summed E-state index contributed by atoms with van der Waals surface area (Å²) in [5.74, 6) is -0.881. The van der Waals surface area contributed by atoms with Crippen molar-refractivity contribution >= 4 is 17.9 Å². The maximum Gasteiger partial charge on any atom is 0.306 e. The zero-order valence-electron chi connectivity index (χ0n) is 42.1. The normalized spacial score (nSPS) is 12.2. The minimum atomic E-state index is -0.776. The highest BCUT2D eigenvalue weighted by molar-refractivity contribution is 5.71. The zero-order valence-corrected chi connectivity index (χ0v) is 42.1. The van der Waals surface area contributed by atoms with Gasteiger partial charge in [-0.3, -0.25) is 14.4 Å². The summed E-state index contributed by atoms with van der Waals surface area (Å²) in [5.41, 5.74) is 0. The average Bonchev–Trinajstić information content (AvgIpc) is 3.28. The molecule has 368 valence electrons. The summed E-state index contributed by atoms with van der Waals surface area (Å²) in [4.78, 5) is 38.0.